The number of guanidine groups is 1. The Hall–Kier alpha value is -1.70. The molecule has 0 unspecified atom stereocenters. The van der Waals surface area contributed by atoms with Crippen molar-refractivity contribution in [3.8, 4) is 0 Å². The summed E-state index contributed by atoms with van der Waals surface area (Å²) >= 11 is 4.85. The molecule has 0 saturated carbocycles. The van der Waals surface area contributed by atoms with Crippen LogP contribution >= 0.6 is 12.2 Å². The van der Waals surface area contributed by atoms with Crippen molar-refractivity contribution in [1.29, 1.82) is 0 Å². The minimum absolute atomic E-state index is 0.451. The summed E-state index contributed by atoms with van der Waals surface area (Å²) < 4.78 is 0. The highest BCUT2D eigenvalue weighted by Gasteiger charge is 1.90. The van der Waals surface area contributed by atoms with Crippen LogP contribution in [0.1, 0.15) is 6.92 Å². The van der Waals surface area contributed by atoms with Crippen LogP contribution in [0.4, 0.5) is 0 Å². The zero-order valence-electron chi connectivity index (χ0n) is 9.83. The average Bonchev–Trinajstić information content (AvgIpc) is 2.31. The lowest BCUT2D eigenvalue weighted by Crippen LogP contribution is -2.31. The minimum Gasteiger partial charge on any atom is -0.364 e. The van der Waals surface area contributed by atoms with Gasteiger partial charge in [0.1, 0.15) is 0 Å². The third-order valence-electron chi connectivity index (χ3n) is 1.44. The van der Waals surface area contributed by atoms with E-state index in [0.29, 0.717) is 16.8 Å². The molecule has 0 spiro atoms. The van der Waals surface area contributed by atoms with Crippen molar-refractivity contribution in [2.24, 2.45) is 15.2 Å². The van der Waals surface area contributed by atoms with Gasteiger partial charge in [-0.05, 0) is 19.1 Å². The van der Waals surface area contributed by atoms with E-state index in [9.17, 15) is 0 Å². The summed E-state index contributed by atoms with van der Waals surface area (Å²) in [6.45, 7) is 1.79. The Kier molecular flexibility index (Phi) is 7.68. The van der Waals surface area contributed by atoms with E-state index in [4.69, 9.17) is 12.2 Å². The zero-order valence-corrected chi connectivity index (χ0v) is 10.6. The van der Waals surface area contributed by atoms with E-state index in [1.54, 1.807) is 34.3 Å². The zero-order chi connectivity index (χ0) is 12.4. The molecule has 0 aliphatic heterocycles. The Balaban J connectivity index is 4.08. The molecule has 0 aromatic heterocycles. The molecular formula is C8H17N7S. The fraction of sp³-hybridized carbons (Fsp3) is 0.500. The smallest absolute Gasteiger partial charge is 0.211 e. The molecule has 0 bridgehead atoms. The molecule has 0 atom stereocenters. The first-order chi connectivity index (χ1) is 7.63. The topological polar surface area (TPSA) is 85.2 Å². The van der Waals surface area contributed by atoms with Crippen LogP contribution in [-0.4, -0.2) is 44.1 Å². The van der Waals surface area contributed by atoms with Gasteiger partial charge < -0.3 is 10.6 Å². The fourth-order valence-corrected chi connectivity index (χ4v) is 0.674. The number of aliphatic imine (C=N–C) groups is 1. The van der Waals surface area contributed by atoms with Crippen LogP contribution in [0.3, 0.4) is 0 Å². The van der Waals surface area contributed by atoms with E-state index in [-0.39, 0.29) is 0 Å². The maximum Gasteiger partial charge on any atom is 0.211 e. The van der Waals surface area contributed by atoms with Crippen LogP contribution in [0.25, 0.3) is 0 Å². The van der Waals surface area contributed by atoms with Gasteiger partial charge in [0.05, 0.1) is 11.9 Å². The molecule has 0 heterocycles. The number of hydrazone groups is 2. The van der Waals surface area contributed by atoms with Crippen molar-refractivity contribution in [3.05, 3.63) is 0 Å². The average molecular weight is 243 g/mol. The van der Waals surface area contributed by atoms with Gasteiger partial charge in [-0.25, -0.2) is 5.43 Å². The minimum atomic E-state index is 0.451. The van der Waals surface area contributed by atoms with Crippen LogP contribution < -0.4 is 21.5 Å². The van der Waals surface area contributed by atoms with Crippen molar-refractivity contribution >= 4 is 35.2 Å². The van der Waals surface area contributed by atoms with E-state index < -0.39 is 0 Å². The van der Waals surface area contributed by atoms with E-state index >= 15 is 0 Å². The molecule has 0 aromatic carbocycles. The van der Waals surface area contributed by atoms with E-state index in [1.165, 1.54) is 0 Å². The Bertz CT molecular complexity index is 308. The largest absolute Gasteiger partial charge is 0.364 e. The summed E-state index contributed by atoms with van der Waals surface area (Å²) in [5, 5.41) is 13.9. The van der Waals surface area contributed by atoms with E-state index in [1.807, 2.05) is 0 Å². The SMILES string of the molecule is CN=C(NC)N/N=C/C(C)=N/NC(=S)NC. The molecule has 0 radical (unpaired) electrons. The molecule has 0 aromatic rings. The molecule has 0 aliphatic carbocycles. The van der Waals surface area contributed by atoms with Gasteiger partial charge in [0.25, 0.3) is 0 Å². The van der Waals surface area contributed by atoms with E-state index in [0.717, 1.165) is 0 Å². The third kappa shape index (κ3) is 6.71. The highest BCUT2D eigenvalue weighted by Crippen LogP contribution is 1.72. The van der Waals surface area contributed by atoms with Crippen LogP contribution in [0, 0.1) is 0 Å². The van der Waals surface area contributed by atoms with Crippen molar-refractivity contribution in [2.45, 2.75) is 6.92 Å². The maximum absolute atomic E-state index is 4.85. The second kappa shape index (κ2) is 8.60. The predicted octanol–water partition coefficient (Wildman–Crippen LogP) is -0.763. The van der Waals surface area contributed by atoms with Gasteiger partial charge >= 0.3 is 0 Å². The van der Waals surface area contributed by atoms with Crippen LogP contribution in [0.2, 0.25) is 0 Å². The number of nitrogens with zero attached hydrogens (tertiary/aromatic N) is 3. The lowest BCUT2D eigenvalue weighted by atomic mass is 10.5. The van der Waals surface area contributed by atoms with Gasteiger partial charge in [0.2, 0.25) is 5.96 Å². The Morgan fingerprint density at radius 3 is 2.38 bits per heavy atom. The van der Waals surface area contributed by atoms with Gasteiger partial charge in [-0.15, -0.1) is 0 Å². The van der Waals surface area contributed by atoms with Gasteiger partial charge in [-0.1, -0.05) is 0 Å². The number of hydrogen-bond acceptors (Lipinski definition) is 4. The Morgan fingerprint density at radius 2 is 1.88 bits per heavy atom. The fourth-order valence-electron chi connectivity index (χ4n) is 0.628. The molecule has 0 rings (SSSR count). The van der Waals surface area contributed by atoms with Gasteiger partial charge in [0, 0.05) is 21.1 Å². The third-order valence-corrected chi connectivity index (χ3v) is 1.74. The highest BCUT2D eigenvalue weighted by atomic mass is 32.1. The maximum atomic E-state index is 4.85. The summed E-state index contributed by atoms with van der Waals surface area (Å²) in [7, 11) is 5.12. The Labute approximate surface area is 100 Å². The summed E-state index contributed by atoms with van der Waals surface area (Å²) in [6, 6.07) is 0. The number of rotatable bonds is 3. The summed E-state index contributed by atoms with van der Waals surface area (Å²) in [4.78, 5) is 3.89. The Morgan fingerprint density at radius 1 is 1.19 bits per heavy atom. The highest BCUT2D eigenvalue weighted by molar-refractivity contribution is 7.80. The van der Waals surface area contributed by atoms with Gasteiger partial charge in [-0.2, -0.15) is 10.2 Å². The van der Waals surface area contributed by atoms with Crippen LogP contribution in [0.5, 0.6) is 0 Å². The molecule has 16 heavy (non-hydrogen) atoms. The molecule has 90 valence electrons. The van der Waals surface area contributed by atoms with Crippen molar-refractivity contribution in [2.75, 3.05) is 21.1 Å². The number of thiocarbonyl (C=S) groups is 1. The molecule has 7 nitrogen and oxygen atoms in total. The molecule has 0 saturated heterocycles. The molecule has 0 fully saturated rings. The van der Waals surface area contributed by atoms with Crippen molar-refractivity contribution in [1.82, 2.24) is 21.5 Å². The van der Waals surface area contributed by atoms with Gasteiger partial charge in [0.15, 0.2) is 5.11 Å². The number of nitrogens with one attached hydrogen (secondary N) is 4. The molecular weight excluding hydrogens is 226 g/mol. The summed E-state index contributed by atoms with van der Waals surface area (Å²) in [5.74, 6) is 0.572. The summed E-state index contributed by atoms with van der Waals surface area (Å²) in [6.07, 6.45) is 1.55. The first kappa shape index (κ1) is 14.3. The molecule has 4 N–H and O–H groups in total. The van der Waals surface area contributed by atoms with Crippen molar-refractivity contribution in [3.63, 3.8) is 0 Å². The molecule has 8 heteroatoms. The first-order valence-electron chi connectivity index (χ1n) is 4.59. The molecule has 0 aliphatic rings. The predicted molar refractivity (Wildman–Crippen MR) is 71.9 cm³/mol. The second-order valence-electron chi connectivity index (χ2n) is 2.64. The quantitative estimate of drug-likeness (QED) is 0.226. The summed E-state index contributed by atoms with van der Waals surface area (Å²) in [5.41, 5.74) is 6.02. The van der Waals surface area contributed by atoms with Crippen LogP contribution in [0.15, 0.2) is 15.2 Å². The molecule has 0 amide bonds. The lowest BCUT2D eigenvalue weighted by molar-refractivity contribution is 0.943. The first-order valence-corrected chi connectivity index (χ1v) is 5.00. The lowest BCUT2D eigenvalue weighted by Gasteiger charge is -2.02. The monoisotopic (exact) mass is 243 g/mol. The van der Waals surface area contributed by atoms with Crippen molar-refractivity contribution < 1.29 is 0 Å². The second-order valence-corrected chi connectivity index (χ2v) is 3.04. The van der Waals surface area contributed by atoms with E-state index in [2.05, 4.69) is 36.7 Å². The normalized spacial score (nSPS) is 12.5. The van der Waals surface area contributed by atoms with Crippen LogP contribution in [-0.2, 0) is 0 Å². The van der Waals surface area contributed by atoms with Gasteiger partial charge in [-0.3, -0.25) is 10.4 Å². The number of hydrogen-bond donors (Lipinski definition) is 4. The standard InChI is InChI=1S/C8H17N7S/c1-6(13-15-8(16)11-4)5-12-14-7(9-2)10-3/h5H,1-4H3,(H2,9,10,14)(H2,11,15,16)/b12-5+,13-6+.